The van der Waals surface area contributed by atoms with Gasteiger partial charge in [0.2, 0.25) is 0 Å². The summed E-state index contributed by atoms with van der Waals surface area (Å²) in [5, 5.41) is 0. The number of ether oxygens (including phenoxy) is 1. The first kappa shape index (κ1) is 18.9. The highest BCUT2D eigenvalue weighted by Gasteiger charge is 2.43. The molecule has 0 radical (unpaired) electrons. The number of carbonyl (C=O) groups excluding carboxylic acids is 1. The van der Waals surface area contributed by atoms with E-state index in [-0.39, 0.29) is 17.3 Å². The average molecular weight is 409 g/mol. The Morgan fingerprint density at radius 3 is 2.59 bits per heavy atom. The van der Waals surface area contributed by atoms with Crippen molar-refractivity contribution in [2.24, 2.45) is 0 Å². The van der Waals surface area contributed by atoms with E-state index in [4.69, 9.17) is 4.74 Å². The second kappa shape index (κ2) is 7.21. The smallest absolute Gasteiger partial charge is 0.344 e. The van der Waals surface area contributed by atoms with Crippen molar-refractivity contribution >= 4 is 27.6 Å². The molecule has 0 N–H and O–H groups in total. The number of carbonyl (C=O) groups is 1. The van der Waals surface area contributed by atoms with Gasteiger partial charge in [-0.1, -0.05) is 24.3 Å². The highest BCUT2D eigenvalue weighted by molar-refractivity contribution is 7.90. The van der Waals surface area contributed by atoms with E-state index in [2.05, 4.69) is 4.98 Å². The number of anilines is 2. The molecular formula is C21H19N3O4S. The fourth-order valence-corrected chi connectivity index (χ4v) is 4.73. The Morgan fingerprint density at radius 1 is 1.03 bits per heavy atom. The Labute approximate surface area is 169 Å². The number of hydrogen-bond donors (Lipinski definition) is 0. The van der Waals surface area contributed by atoms with Crippen LogP contribution < -0.4 is 9.64 Å². The maximum absolute atomic E-state index is 13.4. The molecule has 1 aliphatic rings. The summed E-state index contributed by atoms with van der Waals surface area (Å²) < 4.78 is 32.5. The van der Waals surface area contributed by atoms with Gasteiger partial charge in [0.05, 0.1) is 19.3 Å². The van der Waals surface area contributed by atoms with Crippen molar-refractivity contribution in [3.8, 4) is 5.75 Å². The van der Waals surface area contributed by atoms with Crippen LogP contribution >= 0.6 is 0 Å². The molecule has 2 aromatic carbocycles. The summed E-state index contributed by atoms with van der Waals surface area (Å²) in [6, 6.07) is 16.6. The molecule has 0 atom stereocenters. The number of aromatic nitrogens is 1. The van der Waals surface area contributed by atoms with E-state index in [1.54, 1.807) is 36.4 Å². The standard InChI is InChI=1S/C21H19N3O4S/c1-15-6-3-8-17(12-15)24-20-19(10-5-11-22-20)29(26,27)23(21(24)25)14-16-7-4-9-18(13-16)28-2/h3-13H,14H2,1-2H3. The Morgan fingerprint density at radius 2 is 1.83 bits per heavy atom. The van der Waals surface area contributed by atoms with Gasteiger partial charge in [0.25, 0.3) is 10.0 Å². The van der Waals surface area contributed by atoms with Gasteiger partial charge in [-0.15, -0.1) is 0 Å². The van der Waals surface area contributed by atoms with E-state index >= 15 is 0 Å². The number of fused-ring (bicyclic) bond motifs is 1. The van der Waals surface area contributed by atoms with E-state index in [1.807, 2.05) is 25.1 Å². The Kier molecular flexibility index (Phi) is 4.71. The highest BCUT2D eigenvalue weighted by atomic mass is 32.2. The van der Waals surface area contributed by atoms with Gasteiger partial charge in [-0.05, 0) is 54.4 Å². The van der Waals surface area contributed by atoms with Gasteiger partial charge in [-0.3, -0.25) is 0 Å². The number of benzene rings is 2. The van der Waals surface area contributed by atoms with E-state index in [0.29, 0.717) is 17.0 Å². The second-order valence-electron chi connectivity index (χ2n) is 6.65. The number of nitrogens with zero attached hydrogens (tertiary/aromatic N) is 3. The quantitative estimate of drug-likeness (QED) is 0.654. The van der Waals surface area contributed by atoms with Crippen molar-refractivity contribution in [3.63, 3.8) is 0 Å². The molecule has 0 bridgehead atoms. The molecule has 3 aromatic rings. The number of hydrogen-bond acceptors (Lipinski definition) is 5. The fourth-order valence-electron chi connectivity index (χ4n) is 3.26. The lowest BCUT2D eigenvalue weighted by molar-refractivity contribution is 0.229. The van der Waals surface area contributed by atoms with Crippen LogP contribution in [-0.4, -0.2) is 30.8 Å². The number of methoxy groups -OCH3 is 1. The third-order valence-electron chi connectivity index (χ3n) is 4.66. The van der Waals surface area contributed by atoms with Gasteiger partial charge in [0.15, 0.2) is 5.82 Å². The molecule has 2 heterocycles. The van der Waals surface area contributed by atoms with Crippen molar-refractivity contribution in [1.29, 1.82) is 0 Å². The number of urea groups is 1. The van der Waals surface area contributed by atoms with Gasteiger partial charge < -0.3 is 4.74 Å². The topological polar surface area (TPSA) is 79.8 Å². The van der Waals surface area contributed by atoms with Crippen molar-refractivity contribution in [1.82, 2.24) is 9.29 Å². The van der Waals surface area contributed by atoms with Crippen LogP contribution in [0.2, 0.25) is 0 Å². The molecular weight excluding hydrogens is 390 g/mol. The number of amides is 2. The maximum Gasteiger partial charge on any atom is 0.344 e. The zero-order valence-corrected chi connectivity index (χ0v) is 16.8. The molecule has 0 saturated heterocycles. The summed E-state index contributed by atoms with van der Waals surface area (Å²) in [6.07, 6.45) is 1.47. The first-order valence-electron chi connectivity index (χ1n) is 8.93. The predicted molar refractivity (Wildman–Crippen MR) is 109 cm³/mol. The Bertz CT molecular complexity index is 1190. The van der Waals surface area contributed by atoms with Crippen LogP contribution in [0.15, 0.2) is 71.8 Å². The molecule has 2 amide bonds. The summed E-state index contributed by atoms with van der Waals surface area (Å²) >= 11 is 0. The van der Waals surface area contributed by atoms with Gasteiger partial charge in [-0.25, -0.2) is 27.4 Å². The first-order valence-corrected chi connectivity index (χ1v) is 10.4. The Hall–Kier alpha value is -3.39. The van der Waals surface area contributed by atoms with Crippen LogP contribution in [0.3, 0.4) is 0 Å². The normalized spacial score (nSPS) is 15.2. The number of pyridine rings is 1. The lowest BCUT2D eigenvalue weighted by atomic mass is 10.2. The summed E-state index contributed by atoms with van der Waals surface area (Å²) in [6.45, 7) is 1.79. The Balaban J connectivity index is 1.85. The van der Waals surface area contributed by atoms with Gasteiger partial charge in [0, 0.05) is 6.20 Å². The minimum absolute atomic E-state index is 0.0102. The molecule has 0 aliphatic carbocycles. The third kappa shape index (κ3) is 3.31. The lowest BCUT2D eigenvalue weighted by Gasteiger charge is -2.35. The molecule has 29 heavy (non-hydrogen) atoms. The van der Waals surface area contributed by atoms with E-state index in [1.165, 1.54) is 24.3 Å². The summed E-state index contributed by atoms with van der Waals surface area (Å²) in [7, 11) is -2.53. The van der Waals surface area contributed by atoms with E-state index < -0.39 is 16.1 Å². The zero-order valence-electron chi connectivity index (χ0n) is 15.9. The van der Waals surface area contributed by atoms with Gasteiger partial charge >= 0.3 is 6.03 Å². The average Bonchev–Trinajstić information content (AvgIpc) is 2.72. The number of aryl methyl sites for hydroxylation is 1. The molecule has 0 saturated carbocycles. The lowest BCUT2D eigenvalue weighted by Crippen LogP contribution is -2.48. The molecule has 0 spiro atoms. The molecule has 4 rings (SSSR count). The van der Waals surface area contributed by atoms with Crippen LogP contribution in [0.5, 0.6) is 5.75 Å². The van der Waals surface area contributed by atoms with Crippen LogP contribution in [0.4, 0.5) is 16.3 Å². The molecule has 1 aromatic heterocycles. The third-order valence-corrected chi connectivity index (χ3v) is 6.40. The van der Waals surface area contributed by atoms with E-state index in [9.17, 15) is 13.2 Å². The fraction of sp³-hybridized carbons (Fsp3) is 0.143. The minimum Gasteiger partial charge on any atom is -0.497 e. The number of rotatable bonds is 4. The minimum atomic E-state index is -4.06. The van der Waals surface area contributed by atoms with Crippen LogP contribution in [-0.2, 0) is 16.6 Å². The summed E-state index contributed by atoms with van der Waals surface area (Å²) in [4.78, 5) is 18.9. The van der Waals surface area contributed by atoms with Crippen molar-refractivity contribution in [3.05, 3.63) is 78.0 Å². The van der Waals surface area contributed by atoms with Gasteiger partial charge in [0.1, 0.15) is 10.6 Å². The van der Waals surface area contributed by atoms with E-state index in [0.717, 1.165) is 9.87 Å². The maximum atomic E-state index is 13.4. The van der Waals surface area contributed by atoms with Crippen molar-refractivity contribution < 1.29 is 17.9 Å². The zero-order chi connectivity index (χ0) is 20.6. The molecule has 0 unspecified atom stereocenters. The molecule has 8 heteroatoms. The molecule has 1 aliphatic heterocycles. The molecule has 148 valence electrons. The molecule has 7 nitrogen and oxygen atoms in total. The molecule has 0 fully saturated rings. The highest BCUT2D eigenvalue weighted by Crippen LogP contribution is 2.38. The van der Waals surface area contributed by atoms with Crippen LogP contribution in [0.1, 0.15) is 11.1 Å². The first-order chi connectivity index (χ1) is 13.9. The SMILES string of the molecule is COc1cccc(CN2C(=O)N(c3cccc(C)c3)c3ncccc3S2(=O)=O)c1. The monoisotopic (exact) mass is 409 g/mol. The second-order valence-corrected chi connectivity index (χ2v) is 8.48. The van der Waals surface area contributed by atoms with Crippen molar-refractivity contribution in [2.75, 3.05) is 12.0 Å². The van der Waals surface area contributed by atoms with Crippen LogP contribution in [0.25, 0.3) is 0 Å². The van der Waals surface area contributed by atoms with Crippen molar-refractivity contribution in [2.45, 2.75) is 18.4 Å². The van der Waals surface area contributed by atoms with Crippen LogP contribution in [0, 0.1) is 6.92 Å². The summed E-state index contributed by atoms with van der Waals surface area (Å²) in [5.41, 5.74) is 2.14. The largest absolute Gasteiger partial charge is 0.497 e. The number of sulfonamides is 1. The predicted octanol–water partition coefficient (Wildman–Crippen LogP) is 3.86. The van der Waals surface area contributed by atoms with Gasteiger partial charge in [-0.2, -0.15) is 0 Å². The summed E-state index contributed by atoms with van der Waals surface area (Å²) in [5.74, 6) is 0.687.